The fourth-order valence-electron chi connectivity index (χ4n) is 4.66. The van der Waals surface area contributed by atoms with Crippen molar-refractivity contribution >= 4 is 11.6 Å². The number of hydrogen-bond donors (Lipinski definition) is 0. The Morgan fingerprint density at radius 3 is 1.83 bits per heavy atom. The first kappa shape index (κ1) is 18.1. The SMILES string of the molecule is CCC(C)c1ccc2c(c1)C(=O)c1cc3c(cc1C2)C(=O)c1cc(C)ccc1C3. The first-order valence-electron chi connectivity index (χ1n) is 10.4. The quantitative estimate of drug-likeness (QED) is 0.389. The maximum absolute atomic E-state index is 13.3. The Hall–Kier alpha value is -3.00. The van der Waals surface area contributed by atoms with Gasteiger partial charge >= 0.3 is 0 Å². The molecule has 1 atom stereocenters. The van der Waals surface area contributed by atoms with Crippen LogP contribution in [0.2, 0.25) is 0 Å². The lowest BCUT2D eigenvalue weighted by atomic mass is 9.77. The molecule has 0 radical (unpaired) electrons. The van der Waals surface area contributed by atoms with Crippen molar-refractivity contribution in [3.05, 3.63) is 104 Å². The van der Waals surface area contributed by atoms with Crippen LogP contribution in [-0.2, 0) is 12.8 Å². The van der Waals surface area contributed by atoms with Gasteiger partial charge in [-0.2, -0.15) is 0 Å². The van der Waals surface area contributed by atoms with Crippen LogP contribution in [0.15, 0.2) is 48.5 Å². The molecule has 29 heavy (non-hydrogen) atoms. The highest BCUT2D eigenvalue weighted by atomic mass is 16.1. The molecule has 0 aliphatic heterocycles. The van der Waals surface area contributed by atoms with E-state index in [2.05, 4.69) is 32.0 Å². The van der Waals surface area contributed by atoms with Crippen LogP contribution in [0.5, 0.6) is 0 Å². The number of aryl methyl sites for hydroxylation is 1. The zero-order valence-electron chi connectivity index (χ0n) is 17.1. The molecule has 144 valence electrons. The topological polar surface area (TPSA) is 34.1 Å². The van der Waals surface area contributed by atoms with E-state index in [1.54, 1.807) is 0 Å². The summed E-state index contributed by atoms with van der Waals surface area (Å²) in [6.07, 6.45) is 2.47. The minimum atomic E-state index is 0.0816. The van der Waals surface area contributed by atoms with Crippen LogP contribution in [0.1, 0.15) is 91.4 Å². The van der Waals surface area contributed by atoms with E-state index in [9.17, 15) is 9.59 Å². The zero-order valence-corrected chi connectivity index (χ0v) is 17.1. The number of carbonyl (C=O) groups excluding carboxylic acids is 2. The number of rotatable bonds is 2. The van der Waals surface area contributed by atoms with Crippen LogP contribution in [0.4, 0.5) is 0 Å². The van der Waals surface area contributed by atoms with Crippen molar-refractivity contribution in [3.8, 4) is 0 Å². The number of fused-ring (bicyclic) bond motifs is 4. The van der Waals surface area contributed by atoms with Gasteiger partial charge in [0.15, 0.2) is 11.6 Å². The molecule has 0 bridgehead atoms. The summed E-state index contributed by atoms with van der Waals surface area (Å²) in [6, 6.07) is 16.3. The predicted molar refractivity (Wildman–Crippen MR) is 115 cm³/mol. The van der Waals surface area contributed by atoms with E-state index in [0.29, 0.717) is 18.8 Å². The number of benzene rings is 3. The number of ketones is 2. The third kappa shape index (κ3) is 2.78. The molecule has 0 saturated carbocycles. The zero-order chi connectivity index (χ0) is 20.3. The number of carbonyl (C=O) groups is 2. The molecule has 0 spiro atoms. The second-order valence-corrected chi connectivity index (χ2v) is 8.56. The van der Waals surface area contributed by atoms with Gasteiger partial charge in [-0.05, 0) is 84.2 Å². The summed E-state index contributed by atoms with van der Waals surface area (Å²) in [5.74, 6) is 0.616. The van der Waals surface area contributed by atoms with E-state index >= 15 is 0 Å². The lowest BCUT2D eigenvalue weighted by Crippen LogP contribution is -2.21. The summed E-state index contributed by atoms with van der Waals surface area (Å²) < 4.78 is 0. The first-order chi connectivity index (χ1) is 14.0. The molecule has 0 amide bonds. The fourth-order valence-corrected chi connectivity index (χ4v) is 4.66. The molecular weight excluding hydrogens is 356 g/mol. The second kappa shape index (κ2) is 6.52. The molecular formula is C27H24O2. The molecule has 2 nitrogen and oxygen atoms in total. The Balaban J connectivity index is 1.60. The van der Waals surface area contributed by atoms with Gasteiger partial charge in [-0.1, -0.05) is 43.7 Å². The highest BCUT2D eigenvalue weighted by Gasteiger charge is 2.29. The largest absolute Gasteiger partial charge is 0.289 e. The van der Waals surface area contributed by atoms with Gasteiger partial charge in [0.25, 0.3) is 0 Å². The average Bonchev–Trinajstić information content (AvgIpc) is 2.73. The van der Waals surface area contributed by atoms with Crippen LogP contribution in [0, 0.1) is 6.92 Å². The Bertz CT molecular complexity index is 1200. The van der Waals surface area contributed by atoms with E-state index < -0.39 is 0 Å². The summed E-state index contributed by atoms with van der Waals surface area (Å²) in [5, 5.41) is 0. The van der Waals surface area contributed by atoms with Crippen LogP contribution < -0.4 is 0 Å². The van der Waals surface area contributed by atoms with Crippen LogP contribution in [-0.4, -0.2) is 11.6 Å². The van der Waals surface area contributed by atoms with Gasteiger partial charge in [0.2, 0.25) is 0 Å². The highest BCUT2D eigenvalue weighted by molar-refractivity contribution is 6.16. The first-order valence-corrected chi connectivity index (χ1v) is 10.4. The molecule has 0 N–H and O–H groups in total. The van der Waals surface area contributed by atoms with Gasteiger partial charge < -0.3 is 0 Å². The summed E-state index contributed by atoms with van der Waals surface area (Å²) >= 11 is 0. The standard InChI is InChI=1S/C27H24O2/c1-4-16(3)17-7-8-19-11-21-13-24-20(14-25(21)27(29)23(19)12-17)10-18-6-5-15(2)9-22(18)26(24)28/h5-9,12-14,16H,4,10-11H2,1-3H3. The maximum atomic E-state index is 13.3. The van der Waals surface area contributed by atoms with E-state index in [-0.39, 0.29) is 11.6 Å². The van der Waals surface area contributed by atoms with Crippen molar-refractivity contribution in [2.45, 2.75) is 46.0 Å². The number of hydrogen-bond acceptors (Lipinski definition) is 2. The molecule has 0 fully saturated rings. The lowest BCUT2D eigenvalue weighted by molar-refractivity contribution is 0.102. The molecule has 5 rings (SSSR count). The minimum Gasteiger partial charge on any atom is -0.289 e. The normalized spacial score (nSPS) is 15.3. The molecule has 2 aliphatic rings. The summed E-state index contributed by atoms with van der Waals surface area (Å²) in [5.41, 5.74) is 9.54. The smallest absolute Gasteiger partial charge is 0.193 e. The molecule has 2 heteroatoms. The average molecular weight is 380 g/mol. The highest BCUT2D eigenvalue weighted by Crippen LogP contribution is 2.35. The van der Waals surface area contributed by atoms with E-state index in [1.807, 2.05) is 37.3 Å². The van der Waals surface area contributed by atoms with Crippen molar-refractivity contribution in [3.63, 3.8) is 0 Å². The third-order valence-corrected chi connectivity index (χ3v) is 6.65. The molecule has 0 heterocycles. The maximum Gasteiger partial charge on any atom is 0.193 e. The van der Waals surface area contributed by atoms with E-state index in [0.717, 1.165) is 56.5 Å². The van der Waals surface area contributed by atoms with Crippen LogP contribution in [0.3, 0.4) is 0 Å². The molecule has 3 aromatic rings. The van der Waals surface area contributed by atoms with E-state index in [4.69, 9.17) is 0 Å². The summed E-state index contributed by atoms with van der Waals surface area (Å²) in [4.78, 5) is 26.5. The van der Waals surface area contributed by atoms with Crippen molar-refractivity contribution < 1.29 is 9.59 Å². The summed E-state index contributed by atoms with van der Waals surface area (Å²) in [6.45, 7) is 6.38. The Morgan fingerprint density at radius 1 is 0.724 bits per heavy atom. The van der Waals surface area contributed by atoms with Crippen molar-refractivity contribution in [1.82, 2.24) is 0 Å². The second-order valence-electron chi connectivity index (χ2n) is 8.56. The van der Waals surface area contributed by atoms with Crippen LogP contribution in [0.25, 0.3) is 0 Å². The Morgan fingerprint density at radius 2 is 1.24 bits per heavy atom. The molecule has 1 unspecified atom stereocenters. The predicted octanol–water partition coefficient (Wildman–Crippen LogP) is 5.78. The Kier molecular flexibility index (Phi) is 4.06. The van der Waals surface area contributed by atoms with Crippen molar-refractivity contribution in [2.24, 2.45) is 0 Å². The van der Waals surface area contributed by atoms with Gasteiger partial charge in [-0.15, -0.1) is 0 Å². The van der Waals surface area contributed by atoms with Gasteiger partial charge in [-0.3, -0.25) is 9.59 Å². The van der Waals surface area contributed by atoms with Gasteiger partial charge in [-0.25, -0.2) is 0 Å². The van der Waals surface area contributed by atoms with Crippen molar-refractivity contribution in [1.29, 1.82) is 0 Å². The molecule has 2 aliphatic carbocycles. The van der Waals surface area contributed by atoms with Gasteiger partial charge in [0, 0.05) is 22.3 Å². The van der Waals surface area contributed by atoms with E-state index in [1.165, 1.54) is 5.56 Å². The molecule has 0 saturated heterocycles. The minimum absolute atomic E-state index is 0.0816. The molecule has 3 aromatic carbocycles. The summed E-state index contributed by atoms with van der Waals surface area (Å²) in [7, 11) is 0. The van der Waals surface area contributed by atoms with Crippen molar-refractivity contribution in [2.75, 3.05) is 0 Å². The Labute approximate surface area is 171 Å². The fraction of sp³-hybridized carbons (Fsp3) is 0.259. The molecule has 0 aromatic heterocycles. The monoisotopic (exact) mass is 380 g/mol. The lowest BCUT2D eigenvalue weighted by Gasteiger charge is -2.25. The third-order valence-electron chi connectivity index (χ3n) is 6.65. The van der Waals surface area contributed by atoms with Gasteiger partial charge in [0.1, 0.15) is 0 Å². The van der Waals surface area contributed by atoms with Gasteiger partial charge in [0.05, 0.1) is 0 Å². The van der Waals surface area contributed by atoms with Crippen LogP contribution >= 0.6 is 0 Å².